The molecule has 9 nitrogen and oxygen atoms in total. The van der Waals surface area contributed by atoms with E-state index in [-0.39, 0.29) is 10.9 Å². The quantitative estimate of drug-likeness (QED) is 0.119. The summed E-state index contributed by atoms with van der Waals surface area (Å²) in [7, 11) is 1.61. The molecule has 0 saturated carbocycles. The van der Waals surface area contributed by atoms with Gasteiger partial charge in [-0.05, 0) is 54.8 Å². The monoisotopic (exact) mass is 574 g/mol. The summed E-state index contributed by atoms with van der Waals surface area (Å²) in [6, 6.07) is 11.4. The predicted molar refractivity (Wildman–Crippen MR) is 161 cm³/mol. The SMILES string of the molecule is CCCSC(=N)N.COc1cnc2c(Nc3ccc4c(c3)Cc3cc(C5=CCOCC5)nc(F)c3O4)nccc2c1. The van der Waals surface area contributed by atoms with Gasteiger partial charge in [-0.1, -0.05) is 24.8 Å². The largest absolute Gasteiger partial charge is 0.495 e. The van der Waals surface area contributed by atoms with Crippen molar-refractivity contribution in [1.82, 2.24) is 15.0 Å². The summed E-state index contributed by atoms with van der Waals surface area (Å²) in [6.45, 7) is 3.20. The van der Waals surface area contributed by atoms with Gasteiger partial charge in [-0.15, -0.1) is 0 Å². The van der Waals surface area contributed by atoms with Crippen LogP contribution in [0.5, 0.6) is 17.2 Å². The summed E-state index contributed by atoms with van der Waals surface area (Å²) in [5.41, 5.74) is 9.97. The Morgan fingerprint density at radius 3 is 2.80 bits per heavy atom. The van der Waals surface area contributed by atoms with E-state index in [1.807, 2.05) is 42.5 Å². The number of nitrogens with two attached hydrogens (primary N) is 1. The first-order chi connectivity index (χ1) is 19.9. The molecular formula is C30H31FN6O3S. The van der Waals surface area contributed by atoms with Crippen molar-refractivity contribution in [2.75, 3.05) is 31.4 Å². The number of fused-ring (bicyclic) bond motifs is 3. The average molecular weight is 575 g/mol. The van der Waals surface area contributed by atoms with E-state index in [1.165, 1.54) is 11.8 Å². The maximum absolute atomic E-state index is 14.8. The molecule has 0 bridgehead atoms. The van der Waals surface area contributed by atoms with Crippen molar-refractivity contribution in [2.24, 2.45) is 5.73 Å². The van der Waals surface area contributed by atoms with Gasteiger partial charge in [0.1, 0.15) is 17.0 Å². The third-order valence-corrected chi connectivity index (χ3v) is 7.41. The fraction of sp³-hybridized carbons (Fsp3) is 0.267. The topological polar surface area (TPSA) is 128 Å². The van der Waals surface area contributed by atoms with Crippen molar-refractivity contribution in [3.05, 3.63) is 77.6 Å². The number of rotatable bonds is 6. The van der Waals surface area contributed by atoms with Crippen molar-refractivity contribution in [3.8, 4) is 17.2 Å². The van der Waals surface area contributed by atoms with E-state index in [0.717, 1.165) is 45.5 Å². The zero-order valence-electron chi connectivity index (χ0n) is 22.9. The summed E-state index contributed by atoms with van der Waals surface area (Å²) >= 11 is 1.39. The zero-order chi connectivity index (χ0) is 28.8. The number of nitrogens with one attached hydrogen (secondary N) is 2. The first-order valence-electron chi connectivity index (χ1n) is 13.2. The standard InChI is InChI=1S/C26H21FN4O3.C4H10N2S/c1-32-20-12-16-4-7-28-26(23(16)29-14-20)30-19-2-3-22-17(11-19)10-18-13-21(15-5-8-33-9-6-15)31-25(27)24(18)34-22;1-2-3-7-4(5)6/h2-5,7,11-14H,6,8-10H2,1H3,(H,28,30);2-3H2,1H3,(H3,5,6). The van der Waals surface area contributed by atoms with Crippen LogP contribution in [-0.4, -0.2) is 46.2 Å². The van der Waals surface area contributed by atoms with Crippen molar-refractivity contribution >= 4 is 44.9 Å². The second kappa shape index (κ2) is 13.0. The van der Waals surface area contributed by atoms with Crippen LogP contribution in [0, 0.1) is 11.4 Å². The Balaban J connectivity index is 0.000000431. The minimum atomic E-state index is -0.589. The summed E-state index contributed by atoms with van der Waals surface area (Å²) in [4.78, 5) is 13.1. The normalized spacial score (nSPS) is 13.6. The molecule has 0 fully saturated rings. The first-order valence-corrected chi connectivity index (χ1v) is 14.2. The lowest BCUT2D eigenvalue weighted by Gasteiger charge is -2.22. The lowest BCUT2D eigenvalue weighted by molar-refractivity contribution is 0.161. The van der Waals surface area contributed by atoms with E-state index >= 15 is 0 Å². The highest BCUT2D eigenvalue weighted by Crippen LogP contribution is 2.40. The molecule has 0 amide bonds. The Morgan fingerprint density at radius 1 is 1.20 bits per heavy atom. The molecule has 0 aliphatic carbocycles. The molecular weight excluding hydrogens is 543 g/mol. The molecule has 2 aliphatic rings. The van der Waals surface area contributed by atoms with Gasteiger partial charge in [0.05, 0.1) is 32.2 Å². The number of pyridine rings is 3. The molecule has 2 aliphatic heterocycles. The lowest BCUT2D eigenvalue weighted by Crippen LogP contribution is -2.10. The third kappa shape index (κ3) is 6.75. The zero-order valence-corrected chi connectivity index (χ0v) is 23.7. The molecule has 0 atom stereocenters. The Morgan fingerprint density at radius 2 is 2.07 bits per heavy atom. The summed E-state index contributed by atoms with van der Waals surface area (Å²) in [6.07, 6.45) is 7.69. The molecule has 11 heteroatoms. The van der Waals surface area contributed by atoms with Crippen LogP contribution in [0.15, 0.2) is 54.9 Å². The summed E-state index contributed by atoms with van der Waals surface area (Å²) in [5, 5.41) is 11.2. The van der Waals surface area contributed by atoms with Crippen LogP contribution in [0.25, 0.3) is 16.5 Å². The van der Waals surface area contributed by atoms with Crippen LogP contribution < -0.4 is 20.5 Å². The molecule has 5 heterocycles. The van der Waals surface area contributed by atoms with E-state index in [9.17, 15) is 4.39 Å². The number of halogens is 1. The first kappa shape index (κ1) is 28.3. The Bertz CT molecular complexity index is 1610. The Hall–Kier alpha value is -4.22. The lowest BCUT2D eigenvalue weighted by atomic mass is 9.97. The number of ether oxygens (including phenoxy) is 3. The number of nitrogens with zero attached hydrogens (tertiary/aromatic N) is 3. The van der Waals surface area contributed by atoms with Crippen LogP contribution in [0.1, 0.15) is 36.6 Å². The van der Waals surface area contributed by atoms with Gasteiger partial charge in [0, 0.05) is 40.6 Å². The molecule has 6 rings (SSSR count). The summed E-state index contributed by atoms with van der Waals surface area (Å²) in [5.74, 6) is 2.52. The number of methoxy groups -OCH3 is 1. The number of thioether (sulfide) groups is 1. The Labute approximate surface area is 241 Å². The van der Waals surface area contributed by atoms with Crippen LogP contribution in [0.3, 0.4) is 0 Å². The van der Waals surface area contributed by atoms with Crippen molar-refractivity contribution in [2.45, 2.75) is 26.2 Å². The maximum Gasteiger partial charge on any atom is 0.256 e. The van der Waals surface area contributed by atoms with E-state index in [4.69, 9.17) is 25.4 Å². The van der Waals surface area contributed by atoms with Gasteiger partial charge in [-0.2, -0.15) is 4.39 Å². The molecule has 1 aromatic carbocycles. The highest BCUT2D eigenvalue weighted by molar-refractivity contribution is 8.13. The minimum Gasteiger partial charge on any atom is -0.495 e. The highest BCUT2D eigenvalue weighted by atomic mass is 32.2. The van der Waals surface area contributed by atoms with E-state index < -0.39 is 5.95 Å². The molecule has 0 saturated heterocycles. The van der Waals surface area contributed by atoms with Crippen molar-refractivity contribution in [1.29, 1.82) is 5.41 Å². The van der Waals surface area contributed by atoms with Gasteiger partial charge in [0.2, 0.25) is 0 Å². The minimum absolute atomic E-state index is 0.193. The molecule has 3 aromatic heterocycles. The van der Waals surface area contributed by atoms with E-state index in [1.54, 1.807) is 19.5 Å². The fourth-order valence-corrected chi connectivity index (χ4v) is 4.94. The van der Waals surface area contributed by atoms with Gasteiger partial charge in [0.15, 0.2) is 16.7 Å². The number of anilines is 2. The Kier molecular flexibility index (Phi) is 8.95. The van der Waals surface area contributed by atoms with E-state index in [0.29, 0.717) is 49.1 Å². The van der Waals surface area contributed by atoms with Gasteiger partial charge >= 0.3 is 0 Å². The van der Waals surface area contributed by atoms with Crippen LogP contribution in [0.2, 0.25) is 0 Å². The second-order valence-electron chi connectivity index (χ2n) is 9.39. The average Bonchev–Trinajstić information content (AvgIpc) is 2.99. The molecule has 4 N–H and O–H groups in total. The van der Waals surface area contributed by atoms with E-state index in [2.05, 4.69) is 27.2 Å². The smallest absolute Gasteiger partial charge is 0.256 e. The van der Waals surface area contributed by atoms with Crippen molar-refractivity contribution in [3.63, 3.8) is 0 Å². The predicted octanol–water partition coefficient (Wildman–Crippen LogP) is 6.44. The molecule has 0 unspecified atom stereocenters. The molecule has 41 heavy (non-hydrogen) atoms. The highest BCUT2D eigenvalue weighted by Gasteiger charge is 2.24. The number of benzene rings is 1. The molecule has 212 valence electrons. The van der Waals surface area contributed by atoms with Gasteiger partial charge in [0.25, 0.3) is 5.95 Å². The number of hydrogen-bond donors (Lipinski definition) is 3. The summed E-state index contributed by atoms with van der Waals surface area (Å²) < 4.78 is 31.4. The third-order valence-electron chi connectivity index (χ3n) is 6.49. The van der Waals surface area contributed by atoms with Crippen LogP contribution in [-0.2, 0) is 11.2 Å². The number of amidine groups is 1. The number of hydrogen-bond acceptors (Lipinski definition) is 9. The molecule has 4 aromatic rings. The van der Waals surface area contributed by atoms with Crippen molar-refractivity contribution < 1.29 is 18.6 Å². The second-order valence-corrected chi connectivity index (χ2v) is 10.5. The maximum atomic E-state index is 14.8. The van der Waals surface area contributed by atoms with Gasteiger partial charge in [-0.25, -0.2) is 15.0 Å². The van der Waals surface area contributed by atoms with Gasteiger partial charge < -0.3 is 25.3 Å². The van der Waals surface area contributed by atoms with Crippen LogP contribution in [0.4, 0.5) is 15.9 Å². The molecule has 0 spiro atoms. The van der Waals surface area contributed by atoms with Gasteiger partial charge in [-0.3, -0.25) is 5.41 Å². The number of aromatic nitrogens is 3. The van der Waals surface area contributed by atoms with Crippen LogP contribution >= 0.6 is 11.8 Å². The fourth-order valence-electron chi connectivity index (χ4n) is 4.52. The molecule has 0 radical (unpaired) electrons.